The normalized spacial score (nSPS) is 12.1. The van der Waals surface area contributed by atoms with Crippen LogP contribution in [0.5, 0.6) is 0 Å². The standard InChI is InChI=1S/C7H8N4O3S/c1-11-5-4(6(12)9-3-8-5)7(10-11)15(2,13)14/h3H,1-2H3,(H,8,9,12). The van der Waals surface area contributed by atoms with Gasteiger partial charge in [-0.3, -0.25) is 4.79 Å². The maximum Gasteiger partial charge on any atom is 0.263 e. The molecular weight excluding hydrogens is 220 g/mol. The van der Waals surface area contributed by atoms with Gasteiger partial charge in [-0.1, -0.05) is 0 Å². The summed E-state index contributed by atoms with van der Waals surface area (Å²) in [7, 11) is -1.99. The molecule has 0 spiro atoms. The molecule has 0 bridgehead atoms. The number of aromatic amines is 1. The lowest BCUT2D eigenvalue weighted by Gasteiger charge is -1.90. The molecule has 0 fully saturated rings. The van der Waals surface area contributed by atoms with Crippen LogP contribution < -0.4 is 5.56 Å². The molecular formula is C7H8N4O3S. The van der Waals surface area contributed by atoms with Crippen molar-refractivity contribution in [2.45, 2.75) is 5.03 Å². The summed E-state index contributed by atoms with van der Waals surface area (Å²) in [5.41, 5.74) is -0.257. The molecule has 0 amide bonds. The first-order valence-corrected chi connectivity index (χ1v) is 5.91. The van der Waals surface area contributed by atoms with Gasteiger partial charge in [0.05, 0.1) is 6.33 Å². The maximum atomic E-state index is 11.4. The third-order valence-electron chi connectivity index (χ3n) is 1.95. The van der Waals surface area contributed by atoms with Gasteiger partial charge in [0, 0.05) is 13.3 Å². The van der Waals surface area contributed by atoms with Gasteiger partial charge in [-0.2, -0.15) is 5.10 Å². The Balaban J connectivity index is 3.08. The Labute approximate surface area is 84.7 Å². The summed E-state index contributed by atoms with van der Waals surface area (Å²) >= 11 is 0. The summed E-state index contributed by atoms with van der Waals surface area (Å²) in [4.78, 5) is 17.6. The number of aromatic nitrogens is 4. The number of nitrogens with one attached hydrogen (secondary N) is 1. The molecule has 15 heavy (non-hydrogen) atoms. The molecule has 0 saturated carbocycles. The monoisotopic (exact) mass is 228 g/mol. The van der Waals surface area contributed by atoms with Gasteiger partial charge >= 0.3 is 0 Å². The Morgan fingerprint density at radius 3 is 2.73 bits per heavy atom. The first kappa shape index (κ1) is 9.84. The predicted octanol–water partition coefficient (Wildman–Crippen LogP) is -0.940. The molecule has 0 aromatic carbocycles. The summed E-state index contributed by atoms with van der Waals surface area (Å²) in [5.74, 6) is 0. The molecule has 80 valence electrons. The van der Waals surface area contributed by atoms with Crippen molar-refractivity contribution in [2.75, 3.05) is 6.26 Å². The van der Waals surface area contributed by atoms with Crippen LogP contribution in [0.1, 0.15) is 0 Å². The minimum atomic E-state index is -3.52. The van der Waals surface area contributed by atoms with E-state index in [9.17, 15) is 13.2 Å². The second-order valence-electron chi connectivity index (χ2n) is 3.13. The van der Waals surface area contributed by atoms with Crippen molar-refractivity contribution in [2.24, 2.45) is 7.05 Å². The molecule has 8 heteroatoms. The smallest absolute Gasteiger partial charge is 0.263 e. The van der Waals surface area contributed by atoms with Crippen LogP contribution in [0.25, 0.3) is 11.0 Å². The van der Waals surface area contributed by atoms with E-state index in [0.29, 0.717) is 0 Å². The Bertz CT molecular complexity index is 682. The van der Waals surface area contributed by atoms with Crippen molar-refractivity contribution in [3.63, 3.8) is 0 Å². The molecule has 2 rings (SSSR count). The van der Waals surface area contributed by atoms with Crippen LogP contribution in [0.3, 0.4) is 0 Å². The average Bonchev–Trinajstić information content (AvgIpc) is 2.45. The maximum absolute atomic E-state index is 11.4. The highest BCUT2D eigenvalue weighted by Gasteiger charge is 2.20. The summed E-state index contributed by atoms with van der Waals surface area (Å²) in [6.45, 7) is 0. The fourth-order valence-electron chi connectivity index (χ4n) is 1.32. The third-order valence-corrected chi connectivity index (χ3v) is 2.93. The van der Waals surface area contributed by atoms with Gasteiger partial charge < -0.3 is 4.98 Å². The van der Waals surface area contributed by atoms with Crippen LogP contribution in [0.15, 0.2) is 16.1 Å². The van der Waals surface area contributed by atoms with Gasteiger partial charge in [-0.05, 0) is 0 Å². The fraction of sp³-hybridized carbons (Fsp3) is 0.286. The first-order valence-electron chi connectivity index (χ1n) is 4.01. The zero-order chi connectivity index (χ0) is 11.2. The third kappa shape index (κ3) is 1.42. The van der Waals surface area contributed by atoms with E-state index in [1.165, 1.54) is 18.1 Å². The Morgan fingerprint density at radius 1 is 1.47 bits per heavy atom. The molecule has 0 aliphatic rings. The van der Waals surface area contributed by atoms with Gasteiger partial charge in [0.25, 0.3) is 5.56 Å². The van der Waals surface area contributed by atoms with Crippen LogP contribution in [-0.4, -0.2) is 34.4 Å². The Kier molecular flexibility index (Phi) is 1.90. The number of fused-ring (bicyclic) bond motifs is 1. The molecule has 0 radical (unpaired) electrons. The molecule has 1 N–H and O–H groups in total. The van der Waals surface area contributed by atoms with Gasteiger partial charge in [0.1, 0.15) is 5.39 Å². The van der Waals surface area contributed by atoms with E-state index in [1.54, 1.807) is 0 Å². The predicted molar refractivity (Wildman–Crippen MR) is 52.2 cm³/mol. The number of rotatable bonds is 1. The molecule has 0 aliphatic heterocycles. The van der Waals surface area contributed by atoms with Crippen LogP contribution in [0.2, 0.25) is 0 Å². The molecule has 2 heterocycles. The highest BCUT2D eigenvalue weighted by atomic mass is 32.2. The van der Waals surface area contributed by atoms with Crippen LogP contribution in [0, 0.1) is 0 Å². The summed E-state index contributed by atoms with van der Waals surface area (Å²) in [6.07, 6.45) is 2.21. The highest BCUT2D eigenvalue weighted by molar-refractivity contribution is 7.90. The van der Waals surface area contributed by atoms with E-state index in [2.05, 4.69) is 15.1 Å². The van der Waals surface area contributed by atoms with Crippen molar-refractivity contribution in [3.05, 3.63) is 16.7 Å². The second-order valence-corrected chi connectivity index (χ2v) is 5.06. The highest BCUT2D eigenvalue weighted by Crippen LogP contribution is 2.15. The lowest BCUT2D eigenvalue weighted by Crippen LogP contribution is -2.09. The van der Waals surface area contributed by atoms with Crippen molar-refractivity contribution in [3.8, 4) is 0 Å². The van der Waals surface area contributed by atoms with E-state index >= 15 is 0 Å². The van der Waals surface area contributed by atoms with Gasteiger partial charge in [0.15, 0.2) is 20.5 Å². The quantitative estimate of drug-likeness (QED) is 0.679. The lowest BCUT2D eigenvalue weighted by molar-refractivity contribution is 0.595. The summed E-state index contributed by atoms with van der Waals surface area (Å²) < 4.78 is 24.0. The molecule has 0 atom stereocenters. The number of H-pyrrole nitrogens is 1. The van der Waals surface area contributed by atoms with Crippen molar-refractivity contribution < 1.29 is 8.42 Å². The van der Waals surface area contributed by atoms with Crippen LogP contribution in [0.4, 0.5) is 0 Å². The van der Waals surface area contributed by atoms with Crippen molar-refractivity contribution >= 4 is 20.9 Å². The molecule has 0 saturated heterocycles. The van der Waals surface area contributed by atoms with E-state index in [4.69, 9.17) is 0 Å². The number of aryl methyl sites for hydroxylation is 1. The topological polar surface area (TPSA) is 97.7 Å². The Morgan fingerprint density at radius 2 is 2.13 bits per heavy atom. The zero-order valence-corrected chi connectivity index (χ0v) is 8.87. The van der Waals surface area contributed by atoms with Crippen LogP contribution in [-0.2, 0) is 16.9 Å². The zero-order valence-electron chi connectivity index (χ0n) is 8.05. The number of hydrogen-bond acceptors (Lipinski definition) is 5. The minimum absolute atomic E-state index is 0.00231. The average molecular weight is 228 g/mol. The molecule has 0 aliphatic carbocycles. The van der Waals surface area contributed by atoms with Crippen LogP contribution >= 0.6 is 0 Å². The molecule has 2 aromatic rings. The van der Waals surface area contributed by atoms with E-state index < -0.39 is 15.4 Å². The molecule has 0 unspecified atom stereocenters. The SMILES string of the molecule is Cn1nc(S(C)(=O)=O)c2c(=O)[nH]cnc21. The van der Waals surface area contributed by atoms with Crippen molar-refractivity contribution in [1.82, 2.24) is 19.7 Å². The number of sulfone groups is 1. The first-order chi connectivity index (χ1) is 6.91. The summed E-state index contributed by atoms with van der Waals surface area (Å²) in [5, 5.41) is 3.53. The number of hydrogen-bond donors (Lipinski definition) is 1. The van der Waals surface area contributed by atoms with E-state index in [-0.39, 0.29) is 16.1 Å². The van der Waals surface area contributed by atoms with Gasteiger partial charge in [-0.15, -0.1) is 0 Å². The van der Waals surface area contributed by atoms with Crippen molar-refractivity contribution in [1.29, 1.82) is 0 Å². The molecule has 2 aromatic heterocycles. The largest absolute Gasteiger partial charge is 0.312 e. The number of nitrogens with zero attached hydrogens (tertiary/aromatic N) is 3. The lowest BCUT2D eigenvalue weighted by atomic mass is 10.4. The van der Waals surface area contributed by atoms with Gasteiger partial charge in [0.2, 0.25) is 0 Å². The minimum Gasteiger partial charge on any atom is -0.312 e. The second kappa shape index (κ2) is 2.89. The Hall–Kier alpha value is -1.70. The van der Waals surface area contributed by atoms with E-state index in [1.807, 2.05) is 0 Å². The fourth-order valence-corrected chi connectivity index (χ4v) is 2.15. The summed E-state index contributed by atoms with van der Waals surface area (Å²) in [6, 6.07) is 0. The molecule has 7 nitrogen and oxygen atoms in total. The van der Waals surface area contributed by atoms with E-state index in [0.717, 1.165) is 6.26 Å². The van der Waals surface area contributed by atoms with Gasteiger partial charge in [-0.25, -0.2) is 18.1 Å².